The van der Waals surface area contributed by atoms with Gasteiger partial charge in [0.1, 0.15) is 11.4 Å². The summed E-state index contributed by atoms with van der Waals surface area (Å²) in [6, 6.07) is 14.5. The summed E-state index contributed by atoms with van der Waals surface area (Å²) in [7, 11) is 1.59. The number of fused-ring (bicyclic) bond motifs is 1. The minimum Gasteiger partial charge on any atom is -0.497 e. The molecule has 0 saturated carbocycles. The lowest BCUT2D eigenvalue weighted by Crippen LogP contribution is -2.40. The molecule has 0 radical (unpaired) electrons. The summed E-state index contributed by atoms with van der Waals surface area (Å²) in [5, 5.41) is 6.85. The Bertz CT molecular complexity index is 1130. The molecule has 2 amide bonds. The number of nitrogens with zero attached hydrogens (tertiary/aromatic N) is 1. The highest BCUT2D eigenvalue weighted by Gasteiger charge is 2.30. The Morgan fingerprint density at radius 3 is 2.56 bits per heavy atom. The topological polar surface area (TPSA) is 81.6 Å². The van der Waals surface area contributed by atoms with Crippen LogP contribution in [0, 0.1) is 0 Å². The zero-order valence-electron chi connectivity index (χ0n) is 18.7. The van der Waals surface area contributed by atoms with E-state index >= 15 is 0 Å². The lowest BCUT2D eigenvalue weighted by atomic mass is 10.0. The number of ether oxygens (including phenoxy) is 2. The smallest absolute Gasteiger partial charge is 0.268 e. The molecule has 1 saturated heterocycles. The maximum absolute atomic E-state index is 12.9. The highest BCUT2D eigenvalue weighted by atomic mass is 16.5. The molecule has 4 rings (SSSR count). The van der Waals surface area contributed by atoms with E-state index in [0.717, 1.165) is 30.4 Å². The number of anilines is 1. The second-order valence-corrected chi connectivity index (χ2v) is 8.31. The molecule has 2 heterocycles. The molecule has 7 heteroatoms. The molecule has 32 heavy (non-hydrogen) atoms. The third kappa shape index (κ3) is 4.48. The van der Waals surface area contributed by atoms with Crippen molar-refractivity contribution in [2.45, 2.75) is 38.8 Å². The van der Waals surface area contributed by atoms with Crippen molar-refractivity contribution < 1.29 is 19.1 Å². The van der Waals surface area contributed by atoms with Crippen LogP contribution in [0.15, 0.2) is 48.5 Å². The number of hydrogen-bond donors (Lipinski definition) is 2. The molecular formula is C25H29N3O4. The van der Waals surface area contributed by atoms with E-state index in [1.807, 2.05) is 42.7 Å². The Labute approximate surface area is 187 Å². The molecule has 1 aliphatic rings. The molecule has 0 aliphatic carbocycles. The van der Waals surface area contributed by atoms with Gasteiger partial charge in [0.05, 0.1) is 12.7 Å². The van der Waals surface area contributed by atoms with Crippen LogP contribution < -0.4 is 15.4 Å². The summed E-state index contributed by atoms with van der Waals surface area (Å²) in [6.45, 7) is 5.94. The van der Waals surface area contributed by atoms with Crippen LogP contribution in [-0.2, 0) is 11.3 Å². The van der Waals surface area contributed by atoms with Crippen molar-refractivity contribution in [2.24, 2.45) is 0 Å². The lowest BCUT2D eigenvalue weighted by molar-refractivity contribution is 0.0205. The van der Waals surface area contributed by atoms with Crippen LogP contribution >= 0.6 is 0 Å². The number of aromatic nitrogens is 1. The predicted octanol–water partition coefficient (Wildman–Crippen LogP) is 4.22. The summed E-state index contributed by atoms with van der Waals surface area (Å²) in [5.41, 5.74) is 2.47. The van der Waals surface area contributed by atoms with Crippen molar-refractivity contribution >= 4 is 28.4 Å². The van der Waals surface area contributed by atoms with E-state index in [4.69, 9.17) is 9.47 Å². The van der Waals surface area contributed by atoms with Crippen LogP contribution in [0.4, 0.5) is 5.69 Å². The number of rotatable bonds is 7. The fraction of sp³-hybridized carbons (Fsp3) is 0.360. The Hall–Kier alpha value is -3.32. The fourth-order valence-corrected chi connectivity index (χ4v) is 4.16. The van der Waals surface area contributed by atoms with Gasteiger partial charge in [-0.05, 0) is 75.2 Å². The van der Waals surface area contributed by atoms with Crippen molar-refractivity contribution in [3.05, 3.63) is 59.8 Å². The number of carbonyl (C=O) groups excluding carboxylic acids is 2. The summed E-state index contributed by atoms with van der Waals surface area (Å²) in [5.74, 6) is 0.372. The molecule has 1 aliphatic heterocycles. The van der Waals surface area contributed by atoms with Gasteiger partial charge in [0.15, 0.2) is 0 Å². The van der Waals surface area contributed by atoms with Gasteiger partial charge in [-0.15, -0.1) is 0 Å². The Kier molecular flexibility index (Phi) is 6.19. The molecule has 168 valence electrons. The maximum atomic E-state index is 12.9. The van der Waals surface area contributed by atoms with Crippen LogP contribution in [0.5, 0.6) is 5.75 Å². The average Bonchev–Trinajstić information content (AvgIpc) is 3.41. The van der Waals surface area contributed by atoms with Crippen LogP contribution in [0.2, 0.25) is 0 Å². The standard InChI is InChI=1S/C25H29N3O4/c1-4-28-21-11-8-19(27-23(29)17-6-9-20(31-3)10-7-17)14-18(21)15-22(28)24(30)26-16-25(2)12-5-13-32-25/h6-11,14-15H,4-5,12-13,16H2,1-3H3,(H,26,30)(H,27,29)/t25-/m0/s1. The maximum Gasteiger partial charge on any atom is 0.268 e. The first-order valence-corrected chi connectivity index (χ1v) is 10.9. The monoisotopic (exact) mass is 435 g/mol. The molecule has 3 aromatic rings. The molecule has 1 aromatic heterocycles. The number of carbonyl (C=O) groups is 2. The SMILES string of the molecule is CCn1c(C(=O)NC[C@]2(C)CCCO2)cc2cc(NC(=O)c3ccc(OC)cc3)ccc21. The Morgan fingerprint density at radius 2 is 1.91 bits per heavy atom. The van der Waals surface area contributed by atoms with Crippen molar-refractivity contribution in [3.63, 3.8) is 0 Å². The molecule has 0 spiro atoms. The minimum absolute atomic E-state index is 0.122. The fourth-order valence-electron chi connectivity index (χ4n) is 4.16. The van der Waals surface area contributed by atoms with Crippen molar-refractivity contribution in [3.8, 4) is 5.75 Å². The first-order valence-electron chi connectivity index (χ1n) is 10.9. The van der Waals surface area contributed by atoms with E-state index in [1.54, 1.807) is 31.4 Å². The highest BCUT2D eigenvalue weighted by molar-refractivity contribution is 6.06. The van der Waals surface area contributed by atoms with Crippen LogP contribution in [0.25, 0.3) is 10.9 Å². The Balaban J connectivity index is 1.52. The van der Waals surface area contributed by atoms with Crippen LogP contribution in [-0.4, -0.2) is 42.2 Å². The number of methoxy groups -OCH3 is 1. The summed E-state index contributed by atoms with van der Waals surface area (Å²) in [4.78, 5) is 25.5. The molecule has 1 atom stereocenters. The summed E-state index contributed by atoms with van der Waals surface area (Å²) in [6.07, 6.45) is 1.97. The Morgan fingerprint density at radius 1 is 1.12 bits per heavy atom. The molecule has 0 bridgehead atoms. The summed E-state index contributed by atoms with van der Waals surface area (Å²) >= 11 is 0. The van der Waals surface area contributed by atoms with Crippen molar-refractivity contribution in [1.29, 1.82) is 0 Å². The third-order valence-electron chi connectivity index (χ3n) is 5.98. The first-order chi connectivity index (χ1) is 15.4. The quantitative estimate of drug-likeness (QED) is 0.582. The number of nitrogens with one attached hydrogen (secondary N) is 2. The third-order valence-corrected chi connectivity index (χ3v) is 5.98. The number of aryl methyl sites for hydroxylation is 1. The van der Waals surface area contributed by atoms with E-state index < -0.39 is 0 Å². The van der Waals surface area contributed by atoms with Gasteiger partial charge >= 0.3 is 0 Å². The van der Waals surface area contributed by atoms with E-state index in [-0.39, 0.29) is 17.4 Å². The van der Waals surface area contributed by atoms with E-state index in [9.17, 15) is 9.59 Å². The number of benzene rings is 2. The average molecular weight is 436 g/mol. The molecule has 2 N–H and O–H groups in total. The zero-order chi connectivity index (χ0) is 22.7. The number of hydrogen-bond acceptors (Lipinski definition) is 4. The molecule has 0 unspecified atom stereocenters. The molecule has 2 aromatic carbocycles. The predicted molar refractivity (Wildman–Crippen MR) is 124 cm³/mol. The molecule has 7 nitrogen and oxygen atoms in total. The second kappa shape index (κ2) is 9.04. The minimum atomic E-state index is -0.294. The van der Waals surface area contributed by atoms with Crippen LogP contribution in [0.3, 0.4) is 0 Å². The largest absolute Gasteiger partial charge is 0.497 e. The first kappa shape index (κ1) is 21.9. The van der Waals surface area contributed by atoms with Gasteiger partial charge < -0.3 is 24.7 Å². The zero-order valence-corrected chi connectivity index (χ0v) is 18.7. The van der Waals surface area contributed by atoms with Gasteiger partial charge in [0.25, 0.3) is 11.8 Å². The van der Waals surface area contributed by atoms with Crippen LogP contribution in [0.1, 0.15) is 47.5 Å². The van der Waals surface area contributed by atoms with Gasteiger partial charge in [-0.25, -0.2) is 0 Å². The van der Waals surface area contributed by atoms with Gasteiger partial charge in [0, 0.05) is 41.9 Å². The van der Waals surface area contributed by atoms with E-state index in [2.05, 4.69) is 10.6 Å². The highest BCUT2D eigenvalue weighted by Crippen LogP contribution is 2.26. The van der Waals surface area contributed by atoms with Gasteiger partial charge in [-0.2, -0.15) is 0 Å². The van der Waals surface area contributed by atoms with Crippen molar-refractivity contribution in [1.82, 2.24) is 9.88 Å². The summed E-state index contributed by atoms with van der Waals surface area (Å²) < 4.78 is 12.9. The lowest BCUT2D eigenvalue weighted by Gasteiger charge is -2.23. The van der Waals surface area contributed by atoms with Gasteiger partial charge in [-0.3, -0.25) is 9.59 Å². The van der Waals surface area contributed by atoms with Gasteiger partial charge in [-0.1, -0.05) is 0 Å². The second-order valence-electron chi connectivity index (χ2n) is 8.31. The van der Waals surface area contributed by atoms with E-state index in [1.165, 1.54) is 0 Å². The molecule has 1 fully saturated rings. The molecular weight excluding hydrogens is 406 g/mol. The van der Waals surface area contributed by atoms with E-state index in [0.29, 0.717) is 35.8 Å². The van der Waals surface area contributed by atoms with Crippen molar-refractivity contribution in [2.75, 3.05) is 25.6 Å². The normalized spacial score (nSPS) is 18.0. The number of amides is 2. The van der Waals surface area contributed by atoms with Gasteiger partial charge in [0.2, 0.25) is 0 Å².